The highest BCUT2D eigenvalue weighted by molar-refractivity contribution is 7.92. The Kier molecular flexibility index (Phi) is 5.49. The molecule has 1 N–H and O–H groups in total. The molecule has 0 aromatic heterocycles. The van der Waals surface area contributed by atoms with Gasteiger partial charge < -0.3 is 0 Å². The van der Waals surface area contributed by atoms with Crippen LogP contribution in [0, 0.1) is 6.92 Å². The van der Waals surface area contributed by atoms with Crippen LogP contribution in [0.15, 0.2) is 59.0 Å². The minimum Gasteiger partial charge on any atom is -0.280 e. The Morgan fingerprint density at radius 2 is 1.52 bits per heavy atom. The van der Waals surface area contributed by atoms with Gasteiger partial charge in [-0.1, -0.05) is 41.4 Å². The molecular weight excluding hydrogens is 375 g/mol. The summed E-state index contributed by atoms with van der Waals surface area (Å²) < 4.78 is 64.9. The van der Waals surface area contributed by atoms with Gasteiger partial charge in [-0.15, -0.1) is 0 Å². The highest BCUT2D eigenvalue weighted by atomic mass is 35.5. The molecule has 2 rings (SSSR count). The normalized spacial score (nSPS) is 13.4. The largest absolute Gasteiger partial charge is 0.413 e. The predicted octanol–water partition coefficient (Wildman–Crippen LogP) is 5.33. The fourth-order valence-corrected chi connectivity index (χ4v) is 3.25. The van der Waals surface area contributed by atoms with E-state index in [1.54, 1.807) is 12.1 Å². The molecule has 0 bridgehead atoms. The standard InChI is InChI=1S/C17H15ClF3NO2S/c1-11-3-9-15(10-4-11)25(23,24)22-14-7-5-13(6-8-14)16(18)12(2)17(19,20)21/h3-10,22H,1-2H3/b16-12-. The van der Waals surface area contributed by atoms with Gasteiger partial charge in [0, 0.05) is 11.3 Å². The van der Waals surface area contributed by atoms with Crippen LogP contribution in [0.2, 0.25) is 0 Å². The van der Waals surface area contributed by atoms with Crippen molar-refractivity contribution in [3.8, 4) is 0 Å². The highest BCUT2D eigenvalue weighted by Crippen LogP contribution is 2.34. The lowest BCUT2D eigenvalue weighted by atomic mass is 10.1. The molecule has 0 fully saturated rings. The Balaban J connectivity index is 2.25. The fraction of sp³-hybridized carbons (Fsp3) is 0.176. The Labute approximate surface area is 149 Å². The number of nitrogens with one attached hydrogen (secondary N) is 1. The molecule has 0 aliphatic heterocycles. The second kappa shape index (κ2) is 7.09. The maximum atomic E-state index is 12.7. The lowest BCUT2D eigenvalue weighted by molar-refractivity contribution is -0.0905. The van der Waals surface area contributed by atoms with Gasteiger partial charge in [0.05, 0.1) is 9.93 Å². The van der Waals surface area contributed by atoms with Crippen molar-refractivity contribution in [1.82, 2.24) is 0 Å². The van der Waals surface area contributed by atoms with E-state index in [9.17, 15) is 21.6 Å². The van der Waals surface area contributed by atoms with Crippen LogP contribution < -0.4 is 4.72 Å². The fourth-order valence-electron chi connectivity index (χ4n) is 1.96. The summed E-state index contributed by atoms with van der Waals surface area (Å²) >= 11 is 5.76. The second-order valence-electron chi connectivity index (χ2n) is 5.43. The Hall–Kier alpha value is -1.99. The third-order valence-corrected chi connectivity index (χ3v) is 5.38. The second-order valence-corrected chi connectivity index (χ2v) is 7.49. The molecular formula is C17H15ClF3NO2S. The lowest BCUT2D eigenvalue weighted by Gasteiger charge is -2.11. The van der Waals surface area contributed by atoms with E-state index >= 15 is 0 Å². The van der Waals surface area contributed by atoms with E-state index in [-0.39, 0.29) is 16.1 Å². The summed E-state index contributed by atoms with van der Waals surface area (Å²) in [5.74, 6) is 0. The maximum absolute atomic E-state index is 12.7. The van der Waals surface area contributed by atoms with Crippen LogP contribution in [0.5, 0.6) is 0 Å². The summed E-state index contributed by atoms with van der Waals surface area (Å²) in [5, 5.41) is -0.430. The number of hydrogen-bond donors (Lipinski definition) is 1. The first kappa shape index (κ1) is 19.3. The summed E-state index contributed by atoms with van der Waals surface area (Å²) in [6, 6.07) is 11.6. The SMILES string of the molecule is C/C(=C(/Cl)c1ccc(NS(=O)(=O)c2ccc(C)cc2)cc1)C(F)(F)F. The van der Waals surface area contributed by atoms with Crippen molar-refractivity contribution in [2.45, 2.75) is 24.9 Å². The summed E-state index contributed by atoms with van der Waals surface area (Å²) in [6.07, 6.45) is -4.53. The molecule has 8 heteroatoms. The molecule has 25 heavy (non-hydrogen) atoms. The van der Waals surface area contributed by atoms with Gasteiger partial charge in [-0.05, 0) is 43.7 Å². The minimum atomic E-state index is -4.53. The first-order valence-electron chi connectivity index (χ1n) is 7.14. The molecule has 2 aromatic carbocycles. The molecule has 0 amide bonds. The third-order valence-electron chi connectivity index (χ3n) is 3.48. The van der Waals surface area contributed by atoms with Gasteiger partial charge in [0.1, 0.15) is 0 Å². The molecule has 3 nitrogen and oxygen atoms in total. The van der Waals surface area contributed by atoms with Crippen molar-refractivity contribution in [3.05, 3.63) is 65.2 Å². The van der Waals surface area contributed by atoms with Crippen LogP contribution in [0.1, 0.15) is 18.1 Å². The lowest BCUT2D eigenvalue weighted by Crippen LogP contribution is -2.13. The monoisotopic (exact) mass is 389 g/mol. The van der Waals surface area contributed by atoms with Crippen molar-refractivity contribution < 1.29 is 21.6 Å². The van der Waals surface area contributed by atoms with Crippen molar-refractivity contribution >= 4 is 32.3 Å². The van der Waals surface area contributed by atoms with Crippen molar-refractivity contribution in [2.75, 3.05) is 4.72 Å². The number of aryl methyl sites for hydroxylation is 1. The van der Waals surface area contributed by atoms with Gasteiger partial charge in [0.15, 0.2) is 0 Å². The van der Waals surface area contributed by atoms with E-state index in [2.05, 4.69) is 4.72 Å². The minimum absolute atomic E-state index is 0.0908. The molecule has 0 aliphatic rings. The zero-order chi connectivity index (χ0) is 18.8. The predicted molar refractivity (Wildman–Crippen MR) is 92.9 cm³/mol. The average molecular weight is 390 g/mol. The third kappa shape index (κ3) is 4.76. The van der Waals surface area contributed by atoms with Gasteiger partial charge in [0.25, 0.3) is 10.0 Å². The molecule has 0 aliphatic carbocycles. The average Bonchev–Trinajstić information content (AvgIpc) is 2.53. The van der Waals surface area contributed by atoms with Gasteiger partial charge in [-0.25, -0.2) is 8.42 Å². The maximum Gasteiger partial charge on any atom is 0.413 e. The van der Waals surface area contributed by atoms with Gasteiger partial charge >= 0.3 is 6.18 Å². The molecule has 0 atom stereocenters. The van der Waals surface area contributed by atoms with E-state index in [4.69, 9.17) is 11.6 Å². The smallest absolute Gasteiger partial charge is 0.280 e. The van der Waals surface area contributed by atoms with E-state index in [1.165, 1.54) is 36.4 Å². The van der Waals surface area contributed by atoms with Crippen LogP contribution in [-0.2, 0) is 10.0 Å². The zero-order valence-electron chi connectivity index (χ0n) is 13.4. The van der Waals surface area contributed by atoms with E-state index in [1.807, 2.05) is 6.92 Å². The van der Waals surface area contributed by atoms with Crippen molar-refractivity contribution in [2.24, 2.45) is 0 Å². The van der Waals surface area contributed by atoms with Gasteiger partial charge in [-0.2, -0.15) is 13.2 Å². The van der Waals surface area contributed by atoms with Crippen LogP contribution in [0.4, 0.5) is 18.9 Å². The van der Waals surface area contributed by atoms with Crippen LogP contribution in [-0.4, -0.2) is 14.6 Å². The molecule has 0 saturated carbocycles. The first-order valence-corrected chi connectivity index (χ1v) is 9.00. The summed E-state index contributed by atoms with van der Waals surface area (Å²) in [4.78, 5) is 0.0908. The van der Waals surface area contributed by atoms with Crippen LogP contribution in [0.3, 0.4) is 0 Å². The van der Waals surface area contributed by atoms with Crippen molar-refractivity contribution in [3.63, 3.8) is 0 Å². The number of rotatable bonds is 4. The number of sulfonamides is 1. The Morgan fingerprint density at radius 3 is 2.00 bits per heavy atom. The number of anilines is 1. The van der Waals surface area contributed by atoms with E-state index in [0.29, 0.717) is 0 Å². The number of alkyl halides is 3. The molecule has 0 radical (unpaired) electrons. The molecule has 2 aromatic rings. The molecule has 0 spiro atoms. The summed E-state index contributed by atoms with van der Waals surface area (Å²) in [5.41, 5.74) is 0.375. The summed E-state index contributed by atoms with van der Waals surface area (Å²) in [6.45, 7) is 2.72. The van der Waals surface area contributed by atoms with Gasteiger partial charge in [-0.3, -0.25) is 4.72 Å². The first-order chi connectivity index (χ1) is 11.5. The number of hydrogen-bond acceptors (Lipinski definition) is 2. The topological polar surface area (TPSA) is 46.2 Å². The number of benzene rings is 2. The Morgan fingerprint density at radius 1 is 1.00 bits per heavy atom. The summed E-state index contributed by atoms with van der Waals surface area (Å²) in [7, 11) is -3.78. The number of halogens is 4. The Bertz CT molecular complexity index is 887. The van der Waals surface area contributed by atoms with E-state index in [0.717, 1.165) is 12.5 Å². The van der Waals surface area contributed by atoms with E-state index < -0.39 is 26.8 Å². The highest BCUT2D eigenvalue weighted by Gasteiger charge is 2.32. The molecule has 0 heterocycles. The van der Waals surface area contributed by atoms with Gasteiger partial charge in [0.2, 0.25) is 0 Å². The van der Waals surface area contributed by atoms with Crippen LogP contribution >= 0.6 is 11.6 Å². The zero-order valence-corrected chi connectivity index (χ0v) is 14.9. The van der Waals surface area contributed by atoms with Crippen molar-refractivity contribution in [1.29, 1.82) is 0 Å². The molecule has 0 saturated heterocycles. The van der Waals surface area contributed by atoms with Crippen LogP contribution in [0.25, 0.3) is 5.03 Å². The molecule has 0 unspecified atom stereocenters. The quantitative estimate of drug-likeness (QED) is 0.768. The number of allylic oxidation sites excluding steroid dienone is 1. The molecule has 134 valence electrons.